The van der Waals surface area contributed by atoms with Crippen molar-refractivity contribution in [3.8, 4) is 0 Å². The van der Waals surface area contributed by atoms with Crippen LogP contribution in [0.2, 0.25) is 0 Å². The predicted octanol–water partition coefficient (Wildman–Crippen LogP) is 2.70. The van der Waals surface area contributed by atoms with E-state index in [0.717, 1.165) is 25.7 Å². The quantitative estimate of drug-likeness (QED) is 0.610. The van der Waals surface area contributed by atoms with E-state index >= 15 is 0 Å². The van der Waals surface area contributed by atoms with Crippen LogP contribution in [0.25, 0.3) is 0 Å². The first-order valence-electron chi connectivity index (χ1n) is 6.43. The Bertz CT molecular complexity index is 391. The Morgan fingerprint density at radius 3 is 1.81 bits per heavy atom. The van der Waals surface area contributed by atoms with E-state index in [0.29, 0.717) is 11.5 Å². The van der Waals surface area contributed by atoms with Crippen LogP contribution in [0.3, 0.4) is 0 Å². The molecule has 3 heteroatoms. The van der Waals surface area contributed by atoms with E-state index in [2.05, 4.69) is 12.2 Å². The topological polar surface area (TPSA) is 34.1 Å². The molecule has 90 valence electrons. The van der Waals surface area contributed by atoms with Crippen molar-refractivity contribution in [3.63, 3.8) is 0 Å². The molecule has 3 aliphatic rings. The fraction of sp³-hybridized carbons (Fsp3) is 0.846. The molecule has 3 rings (SSSR count). The van der Waals surface area contributed by atoms with Gasteiger partial charge in [0, 0.05) is 0 Å². The second-order valence-electron chi connectivity index (χ2n) is 6.03. The molecule has 2 nitrogen and oxygen atoms in total. The lowest BCUT2D eigenvalue weighted by Gasteiger charge is -2.45. The summed E-state index contributed by atoms with van der Waals surface area (Å²) in [6, 6.07) is 0. The van der Waals surface area contributed by atoms with Crippen LogP contribution in [0.4, 0.5) is 0 Å². The summed E-state index contributed by atoms with van der Waals surface area (Å²) in [5.41, 5.74) is 0.216. The molecule has 0 aromatic rings. The Morgan fingerprint density at radius 1 is 0.812 bits per heavy atom. The van der Waals surface area contributed by atoms with Gasteiger partial charge in [-0.3, -0.25) is 0 Å². The first-order valence-corrected chi connectivity index (χ1v) is 8.25. The van der Waals surface area contributed by atoms with Crippen molar-refractivity contribution in [1.82, 2.24) is 0 Å². The molecule has 1 saturated carbocycles. The van der Waals surface area contributed by atoms with Crippen molar-refractivity contribution in [2.75, 3.05) is 11.5 Å². The fourth-order valence-electron chi connectivity index (χ4n) is 4.35. The van der Waals surface area contributed by atoms with Gasteiger partial charge in [0.05, 0.1) is 11.5 Å². The van der Waals surface area contributed by atoms with Gasteiger partial charge in [-0.2, -0.15) is 0 Å². The van der Waals surface area contributed by atoms with Crippen molar-refractivity contribution >= 4 is 9.84 Å². The van der Waals surface area contributed by atoms with Crippen molar-refractivity contribution in [1.29, 1.82) is 0 Å². The van der Waals surface area contributed by atoms with E-state index in [-0.39, 0.29) is 10.8 Å². The minimum Gasteiger partial charge on any atom is -0.229 e. The Hall–Kier alpha value is -0.310. The van der Waals surface area contributed by atoms with Gasteiger partial charge in [-0.15, -0.1) is 0 Å². The zero-order valence-corrected chi connectivity index (χ0v) is 10.6. The summed E-state index contributed by atoms with van der Waals surface area (Å²) in [4.78, 5) is 0. The molecule has 1 saturated heterocycles. The number of hydrogen-bond acceptors (Lipinski definition) is 2. The van der Waals surface area contributed by atoms with E-state index < -0.39 is 9.84 Å². The van der Waals surface area contributed by atoms with E-state index in [1.807, 2.05) is 0 Å². The predicted molar refractivity (Wildman–Crippen MR) is 65.0 cm³/mol. The van der Waals surface area contributed by atoms with Crippen LogP contribution in [0.5, 0.6) is 0 Å². The van der Waals surface area contributed by atoms with E-state index in [4.69, 9.17) is 0 Å². The van der Waals surface area contributed by atoms with Crippen molar-refractivity contribution in [3.05, 3.63) is 12.2 Å². The maximum Gasteiger partial charge on any atom is 0.151 e. The Labute approximate surface area is 98.0 Å². The maximum atomic E-state index is 12.0. The van der Waals surface area contributed by atoms with Crippen molar-refractivity contribution < 1.29 is 8.42 Å². The third kappa shape index (κ3) is 1.40. The molecule has 1 aliphatic heterocycles. The summed E-state index contributed by atoms with van der Waals surface area (Å²) in [6.07, 6.45) is 12.5. The first-order chi connectivity index (χ1) is 7.58. The monoisotopic (exact) mass is 240 g/mol. The minimum atomic E-state index is -2.79. The van der Waals surface area contributed by atoms with Gasteiger partial charge in [0.2, 0.25) is 0 Å². The molecular formula is C13H20O2S. The lowest BCUT2D eigenvalue weighted by molar-refractivity contribution is 0.0785. The molecule has 0 spiro atoms. The van der Waals surface area contributed by atoms with Gasteiger partial charge in [0.25, 0.3) is 0 Å². The van der Waals surface area contributed by atoms with Crippen LogP contribution >= 0.6 is 0 Å². The lowest BCUT2D eigenvalue weighted by Crippen LogP contribution is -2.41. The van der Waals surface area contributed by atoms with Crippen molar-refractivity contribution in [2.45, 2.75) is 44.9 Å². The molecule has 0 aromatic carbocycles. The molecule has 0 radical (unpaired) electrons. The van der Waals surface area contributed by atoms with Gasteiger partial charge >= 0.3 is 0 Å². The Balaban J connectivity index is 2.10. The zero-order chi connectivity index (χ0) is 11.3. The Kier molecular flexibility index (Phi) is 2.26. The molecule has 1 heterocycles. The summed E-state index contributed by atoms with van der Waals surface area (Å²) in [7, 11) is -2.79. The third-order valence-corrected chi connectivity index (χ3v) is 7.10. The summed E-state index contributed by atoms with van der Waals surface area (Å²) >= 11 is 0. The van der Waals surface area contributed by atoms with Crippen LogP contribution < -0.4 is 0 Å². The average molecular weight is 240 g/mol. The number of sulfone groups is 1. The summed E-state index contributed by atoms with van der Waals surface area (Å²) in [5, 5.41) is 0. The largest absolute Gasteiger partial charge is 0.229 e. The van der Waals surface area contributed by atoms with Crippen LogP contribution in [0.15, 0.2) is 12.2 Å². The molecule has 2 atom stereocenters. The smallest absolute Gasteiger partial charge is 0.151 e. The molecule has 16 heavy (non-hydrogen) atoms. The van der Waals surface area contributed by atoms with E-state index in [9.17, 15) is 8.42 Å². The van der Waals surface area contributed by atoms with Gasteiger partial charge in [-0.25, -0.2) is 8.42 Å². The SMILES string of the molecule is O=S1(=O)C[C@]23CC=CC[C@@]2(CCCCC3)C1. The van der Waals surface area contributed by atoms with E-state index in [1.165, 1.54) is 19.3 Å². The van der Waals surface area contributed by atoms with Gasteiger partial charge in [0.15, 0.2) is 9.84 Å². The standard InChI is InChI=1S/C13H20O2S/c14-16(15)10-12-6-2-1-3-7-13(12,11-16)9-5-4-8-12/h4-5H,1-3,6-11H2/t12-,13-/m0/s1. The van der Waals surface area contributed by atoms with Crippen LogP contribution in [-0.2, 0) is 9.84 Å². The van der Waals surface area contributed by atoms with Crippen molar-refractivity contribution in [2.24, 2.45) is 10.8 Å². The molecule has 0 unspecified atom stereocenters. The molecular weight excluding hydrogens is 220 g/mol. The lowest BCUT2D eigenvalue weighted by atomic mass is 9.57. The highest BCUT2D eigenvalue weighted by Gasteiger charge is 2.59. The van der Waals surface area contributed by atoms with Crippen LogP contribution in [0, 0.1) is 10.8 Å². The maximum absolute atomic E-state index is 12.0. The number of rotatable bonds is 0. The summed E-state index contributed by atoms with van der Waals surface area (Å²) < 4.78 is 24.1. The highest BCUT2D eigenvalue weighted by molar-refractivity contribution is 7.91. The van der Waals surface area contributed by atoms with E-state index in [1.54, 1.807) is 0 Å². The molecule has 0 aromatic heterocycles. The normalized spacial score (nSPS) is 45.8. The highest BCUT2D eigenvalue weighted by atomic mass is 32.2. The van der Waals surface area contributed by atoms with Crippen LogP contribution in [-0.4, -0.2) is 19.9 Å². The summed E-state index contributed by atoms with van der Waals surface area (Å²) in [5.74, 6) is 0.925. The van der Waals surface area contributed by atoms with Gasteiger partial charge in [-0.05, 0) is 36.5 Å². The second-order valence-corrected chi connectivity index (χ2v) is 8.10. The molecule has 2 fully saturated rings. The van der Waals surface area contributed by atoms with Crippen LogP contribution in [0.1, 0.15) is 44.9 Å². The summed E-state index contributed by atoms with van der Waals surface area (Å²) in [6.45, 7) is 0. The Morgan fingerprint density at radius 2 is 1.31 bits per heavy atom. The fourth-order valence-corrected chi connectivity index (χ4v) is 7.27. The second kappa shape index (κ2) is 3.34. The molecule has 0 amide bonds. The molecule has 0 N–H and O–H groups in total. The molecule has 2 aliphatic carbocycles. The average Bonchev–Trinajstić information content (AvgIpc) is 2.33. The first kappa shape index (κ1) is 10.8. The van der Waals surface area contributed by atoms with Gasteiger partial charge in [0.1, 0.15) is 0 Å². The zero-order valence-electron chi connectivity index (χ0n) is 9.74. The number of allylic oxidation sites excluding steroid dienone is 2. The highest BCUT2D eigenvalue weighted by Crippen LogP contribution is 2.61. The van der Waals surface area contributed by atoms with Gasteiger partial charge < -0.3 is 0 Å². The van der Waals surface area contributed by atoms with Gasteiger partial charge in [-0.1, -0.05) is 31.4 Å². The minimum absolute atomic E-state index is 0.108. The number of hydrogen-bond donors (Lipinski definition) is 0. The third-order valence-electron chi connectivity index (χ3n) is 5.11. The molecule has 0 bridgehead atoms.